The van der Waals surface area contributed by atoms with E-state index in [4.69, 9.17) is 4.74 Å². The van der Waals surface area contributed by atoms with E-state index in [0.717, 1.165) is 32.3 Å². The maximum Gasteiger partial charge on any atom is 0.223 e. The highest BCUT2D eigenvalue weighted by Crippen LogP contribution is 2.13. The van der Waals surface area contributed by atoms with Gasteiger partial charge in [-0.2, -0.15) is 0 Å². The Morgan fingerprint density at radius 1 is 1.57 bits per heavy atom. The molecule has 1 heterocycles. The summed E-state index contributed by atoms with van der Waals surface area (Å²) in [5.41, 5.74) is 0. The number of ether oxygens (including phenoxy) is 1. The zero-order valence-corrected chi connectivity index (χ0v) is 9.21. The van der Waals surface area contributed by atoms with Crippen molar-refractivity contribution in [2.24, 2.45) is 5.92 Å². The average molecular weight is 199 g/mol. The van der Waals surface area contributed by atoms with Gasteiger partial charge in [0.05, 0.1) is 12.7 Å². The summed E-state index contributed by atoms with van der Waals surface area (Å²) >= 11 is 0. The second-order valence-electron chi connectivity index (χ2n) is 3.95. The molecule has 3 heteroatoms. The van der Waals surface area contributed by atoms with Crippen molar-refractivity contribution in [3.05, 3.63) is 0 Å². The Morgan fingerprint density at radius 2 is 2.29 bits per heavy atom. The van der Waals surface area contributed by atoms with Crippen molar-refractivity contribution in [2.75, 3.05) is 13.2 Å². The van der Waals surface area contributed by atoms with Gasteiger partial charge in [-0.05, 0) is 12.8 Å². The Morgan fingerprint density at radius 3 is 2.79 bits per heavy atom. The first kappa shape index (κ1) is 11.5. The van der Waals surface area contributed by atoms with Gasteiger partial charge in [0.25, 0.3) is 0 Å². The molecule has 0 aliphatic carbocycles. The molecule has 1 aliphatic rings. The van der Waals surface area contributed by atoms with Gasteiger partial charge in [0, 0.05) is 12.5 Å². The van der Waals surface area contributed by atoms with Crippen LogP contribution in [0.2, 0.25) is 0 Å². The van der Waals surface area contributed by atoms with Gasteiger partial charge in [0.15, 0.2) is 0 Å². The maximum absolute atomic E-state index is 11.6. The van der Waals surface area contributed by atoms with Crippen LogP contribution in [0.5, 0.6) is 0 Å². The molecule has 1 amide bonds. The number of hydrogen-bond acceptors (Lipinski definition) is 2. The van der Waals surface area contributed by atoms with E-state index < -0.39 is 0 Å². The van der Waals surface area contributed by atoms with Crippen molar-refractivity contribution in [1.82, 2.24) is 5.32 Å². The highest BCUT2D eigenvalue weighted by Gasteiger charge is 2.24. The quantitative estimate of drug-likeness (QED) is 0.634. The van der Waals surface area contributed by atoms with Crippen molar-refractivity contribution in [1.29, 1.82) is 0 Å². The molecule has 3 nitrogen and oxygen atoms in total. The Labute approximate surface area is 86.2 Å². The molecule has 1 N–H and O–H groups in total. The van der Waals surface area contributed by atoms with Crippen molar-refractivity contribution in [3.63, 3.8) is 0 Å². The lowest BCUT2D eigenvalue weighted by Crippen LogP contribution is -2.33. The summed E-state index contributed by atoms with van der Waals surface area (Å²) in [6.07, 6.45) is 4.56. The number of rotatable bonds is 7. The minimum Gasteiger partial charge on any atom is -0.371 e. The minimum atomic E-state index is 0.202. The molecule has 82 valence electrons. The summed E-state index contributed by atoms with van der Waals surface area (Å²) in [7, 11) is 0. The maximum atomic E-state index is 11.6. The molecule has 1 aliphatic heterocycles. The van der Waals surface area contributed by atoms with E-state index in [9.17, 15) is 4.79 Å². The van der Waals surface area contributed by atoms with Crippen molar-refractivity contribution < 1.29 is 9.53 Å². The molecule has 2 unspecified atom stereocenters. The van der Waals surface area contributed by atoms with Crippen LogP contribution in [-0.2, 0) is 9.53 Å². The molecular formula is C11H21NO2. The van der Waals surface area contributed by atoms with Gasteiger partial charge in [-0.3, -0.25) is 4.79 Å². The number of amides is 1. The number of carbonyl (C=O) groups is 1. The first-order valence-electron chi connectivity index (χ1n) is 5.67. The van der Waals surface area contributed by atoms with Crippen LogP contribution >= 0.6 is 0 Å². The highest BCUT2D eigenvalue weighted by atomic mass is 16.6. The standard InChI is InChI=1S/C11H21NO2/c1-3-5-6-9(4-2)11(13)12-7-10-8-14-10/h9-10H,3-8H2,1-2H3,(H,12,13). The molecule has 14 heavy (non-hydrogen) atoms. The summed E-state index contributed by atoms with van der Waals surface area (Å²) in [6, 6.07) is 0. The molecule has 1 rings (SSSR count). The van der Waals surface area contributed by atoms with Gasteiger partial charge < -0.3 is 10.1 Å². The highest BCUT2D eigenvalue weighted by molar-refractivity contribution is 5.78. The molecule has 0 saturated carbocycles. The summed E-state index contributed by atoms with van der Waals surface area (Å²) in [5, 5.41) is 2.94. The largest absolute Gasteiger partial charge is 0.371 e. The molecule has 2 atom stereocenters. The number of hydrogen-bond donors (Lipinski definition) is 1. The smallest absolute Gasteiger partial charge is 0.223 e. The zero-order valence-electron chi connectivity index (χ0n) is 9.21. The fraction of sp³-hybridized carbons (Fsp3) is 0.909. The van der Waals surface area contributed by atoms with Crippen molar-refractivity contribution in [2.45, 2.75) is 45.6 Å². The molecule has 0 spiro atoms. The summed E-state index contributed by atoms with van der Waals surface area (Å²) in [5.74, 6) is 0.408. The lowest BCUT2D eigenvalue weighted by Gasteiger charge is -2.13. The topological polar surface area (TPSA) is 41.6 Å². The predicted molar refractivity (Wildman–Crippen MR) is 56.1 cm³/mol. The third-order valence-corrected chi connectivity index (χ3v) is 2.68. The van der Waals surface area contributed by atoms with E-state index in [0.29, 0.717) is 12.6 Å². The monoisotopic (exact) mass is 199 g/mol. The first-order chi connectivity index (χ1) is 6.77. The van der Waals surface area contributed by atoms with Crippen LogP contribution < -0.4 is 5.32 Å². The average Bonchev–Trinajstić information content (AvgIpc) is 2.99. The Bertz CT molecular complexity index is 178. The van der Waals surface area contributed by atoms with Crippen LogP contribution in [0.3, 0.4) is 0 Å². The number of epoxide rings is 1. The second-order valence-corrected chi connectivity index (χ2v) is 3.95. The van der Waals surface area contributed by atoms with Gasteiger partial charge in [-0.25, -0.2) is 0 Å². The molecule has 0 bridgehead atoms. The van der Waals surface area contributed by atoms with Gasteiger partial charge in [-0.15, -0.1) is 0 Å². The minimum absolute atomic E-state index is 0.202. The number of unbranched alkanes of at least 4 members (excludes halogenated alkanes) is 1. The Kier molecular flexibility index (Phi) is 4.94. The molecule has 0 aromatic heterocycles. The lowest BCUT2D eigenvalue weighted by molar-refractivity contribution is -0.125. The molecule has 1 saturated heterocycles. The first-order valence-corrected chi connectivity index (χ1v) is 5.67. The molecule has 0 aromatic carbocycles. The molecule has 0 aromatic rings. The van der Waals surface area contributed by atoms with E-state index in [1.807, 2.05) is 0 Å². The molecular weight excluding hydrogens is 178 g/mol. The predicted octanol–water partition coefficient (Wildman–Crippen LogP) is 1.72. The van der Waals surface area contributed by atoms with Gasteiger partial charge in [0.1, 0.15) is 0 Å². The number of nitrogens with one attached hydrogen (secondary N) is 1. The van der Waals surface area contributed by atoms with Crippen LogP contribution in [0, 0.1) is 5.92 Å². The van der Waals surface area contributed by atoms with Crippen LogP contribution in [-0.4, -0.2) is 25.2 Å². The van der Waals surface area contributed by atoms with Crippen LogP contribution in [0.4, 0.5) is 0 Å². The van der Waals surface area contributed by atoms with Gasteiger partial charge in [-0.1, -0.05) is 26.7 Å². The van der Waals surface area contributed by atoms with Gasteiger partial charge >= 0.3 is 0 Å². The van der Waals surface area contributed by atoms with E-state index in [1.54, 1.807) is 0 Å². The van der Waals surface area contributed by atoms with Gasteiger partial charge in [0.2, 0.25) is 5.91 Å². The molecule has 1 fully saturated rings. The van der Waals surface area contributed by atoms with Crippen LogP contribution in [0.1, 0.15) is 39.5 Å². The third-order valence-electron chi connectivity index (χ3n) is 2.68. The van der Waals surface area contributed by atoms with Crippen molar-refractivity contribution in [3.8, 4) is 0 Å². The van der Waals surface area contributed by atoms with Crippen LogP contribution in [0.15, 0.2) is 0 Å². The van der Waals surface area contributed by atoms with E-state index in [2.05, 4.69) is 19.2 Å². The fourth-order valence-electron chi connectivity index (χ4n) is 1.52. The van der Waals surface area contributed by atoms with E-state index in [-0.39, 0.29) is 11.8 Å². The summed E-state index contributed by atoms with van der Waals surface area (Å²) in [6.45, 7) is 5.74. The molecule has 0 radical (unpaired) electrons. The fourth-order valence-corrected chi connectivity index (χ4v) is 1.52. The van der Waals surface area contributed by atoms with Crippen molar-refractivity contribution >= 4 is 5.91 Å². The van der Waals surface area contributed by atoms with E-state index in [1.165, 1.54) is 0 Å². The third kappa shape index (κ3) is 4.09. The SMILES string of the molecule is CCCCC(CC)C(=O)NCC1CO1. The van der Waals surface area contributed by atoms with Crippen LogP contribution in [0.25, 0.3) is 0 Å². The Balaban J connectivity index is 2.15. The zero-order chi connectivity index (χ0) is 10.4. The Hall–Kier alpha value is -0.570. The normalized spacial score (nSPS) is 21.7. The van der Waals surface area contributed by atoms with E-state index >= 15 is 0 Å². The summed E-state index contributed by atoms with van der Waals surface area (Å²) in [4.78, 5) is 11.6. The number of carbonyl (C=O) groups excluding carboxylic acids is 1. The second kappa shape index (κ2) is 6.02. The summed E-state index contributed by atoms with van der Waals surface area (Å²) < 4.78 is 5.04. The lowest BCUT2D eigenvalue weighted by atomic mass is 9.98.